The molecule has 3 aliphatic heterocycles. The fourth-order valence-electron chi connectivity index (χ4n) is 19.3. The number of para-hydroxylation sites is 1. The van der Waals surface area contributed by atoms with Gasteiger partial charge in [0.05, 0.1) is 0 Å². The van der Waals surface area contributed by atoms with Crippen molar-refractivity contribution in [3.8, 4) is 28.4 Å². The monoisotopic (exact) mass is 2180 g/mol. The zero-order valence-electron chi connectivity index (χ0n) is 82.7. The number of rotatable bonds is 15. The third-order valence-corrected chi connectivity index (χ3v) is 30.1. The summed E-state index contributed by atoms with van der Waals surface area (Å²) in [6, 6.07) is 66.4. The molecule has 0 spiro atoms. The topological polar surface area (TPSA) is 60.0 Å². The van der Waals surface area contributed by atoms with Crippen LogP contribution < -0.4 is 43.6 Å². The third kappa shape index (κ3) is 29.2. The van der Waals surface area contributed by atoms with E-state index in [0.717, 1.165) is 125 Å². The van der Waals surface area contributed by atoms with Gasteiger partial charge in [-0.3, -0.25) is 0 Å². The summed E-state index contributed by atoms with van der Waals surface area (Å²) in [6.45, 7) is 65.4. The predicted molar refractivity (Wildman–Crippen MR) is 580 cm³/mol. The second-order valence-corrected chi connectivity index (χ2v) is 52.9. The second kappa shape index (κ2) is 50.9. The number of hydrogen-bond acceptors (Lipinski definition) is 10. The number of pyridine rings is 1. The van der Waals surface area contributed by atoms with E-state index in [4.69, 9.17) is 72.4 Å². The average molecular weight is 2180 g/mol. The summed E-state index contributed by atoms with van der Waals surface area (Å²) in [5.41, 5.74) is 45.6. The van der Waals surface area contributed by atoms with E-state index in [9.17, 15) is 0 Å². The predicted octanol–water partition coefficient (Wildman–Crippen LogP) is 31.4. The van der Waals surface area contributed by atoms with Crippen molar-refractivity contribution in [3.63, 3.8) is 0 Å². The van der Waals surface area contributed by atoms with E-state index in [-0.39, 0.29) is 7.43 Å². The molecular weight excluding hydrogens is 2040 g/mol. The van der Waals surface area contributed by atoms with Crippen LogP contribution in [0.5, 0.6) is 17.2 Å². The molecule has 0 saturated carbocycles. The Bertz CT molecular complexity index is 5740. The fraction of sp³-hybridized carbons (Fsp3) is 0.313. The number of aromatic nitrogens is 1. The van der Waals surface area contributed by atoms with E-state index >= 15 is 0 Å². The van der Waals surface area contributed by atoms with Gasteiger partial charge in [-0.05, 0) is 236 Å². The summed E-state index contributed by atoms with van der Waals surface area (Å²) in [7, 11) is 40.4. The van der Waals surface area contributed by atoms with Crippen molar-refractivity contribution in [2.75, 3.05) is 90.0 Å². The molecule has 3 fully saturated rings. The van der Waals surface area contributed by atoms with Crippen molar-refractivity contribution in [1.29, 1.82) is 0 Å². The first kappa shape index (κ1) is 109. The van der Waals surface area contributed by atoms with Crippen LogP contribution in [0.4, 0.5) is 34.1 Å². The van der Waals surface area contributed by atoms with E-state index in [1.54, 1.807) is 21.3 Å². The molecule has 720 valence electrons. The molecule has 0 aliphatic carbocycles. The molecule has 16 rings (SSSR count). The minimum atomic E-state index is -2.02. The van der Waals surface area contributed by atoms with Gasteiger partial charge < -0.3 is 29.4 Å². The summed E-state index contributed by atoms with van der Waals surface area (Å²) in [4.78, 5) is 18.9. The van der Waals surface area contributed by atoms with Crippen molar-refractivity contribution in [3.05, 3.63) is 359 Å². The normalized spacial score (nSPS) is 12.9. The number of anilines is 6. The van der Waals surface area contributed by atoms with Crippen LogP contribution in [0.15, 0.2) is 188 Å². The average Bonchev–Trinajstić information content (AvgIpc) is 1.47. The van der Waals surface area contributed by atoms with Gasteiger partial charge in [-0.15, -0.1) is 0 Å². The SMILES string of the molecule is C.COc1ccc2ccccc2c1-c1cc(OC)c([CH]=[Ru]([Cl])[Cl])c2ccccc12.COc1ccccc1[CH]=[Ru]([Cl])[Cl].Cc1cc(C)c(C)c(C)c1.Cc1cc(C)c(N2[CH-]N(c3c(C)cc(C)cc3C)CC2)c(C)c1.Cc1cc(C)c(N2[CH-]N(c3c(C)cc(C)cc3C)CC2)c(C)c1.Cc1cc(C)c(N2[CH-]N(c3c(C)cc(C)cc3C)CC2)c(C)c1.Cc1cc(C)nc(CC[CH]=[Ru]([Cl])[Cl])c1. The molecule has 0 unspecified atom stereocenters. The van der Waals surface area contributed by atoms with E-state index in [0.29, 0.717) is 0 Å². The van der Waals surface area contributed by atoms with Gasteiger partial charge >= 0.3 is 361 Å². The fourth-order valence-corrected chi connectivity index (χ4v) is 24.5. The second-order valence-electron chi connectivity index (χ2n) is 35.5. The Hall–Kier alpha value is -8.27. The molecule has 13 aromatic rings. The zero-order valence-corrected chi connectivity index (χ0v) is 92.5. The number of fused-ring (bicyclic) bond motifs is 2. The number of methoxy groups -OCH3 is 3. The molecule has 0 atom stereocenters. The van der Waals surface area contributed by atoms with E-state index < -0.39 is 40.6 Å². The Balaban J connectivity index is 0.000000179. The van der Waals surface area contributed by atoms with E-state index in [1.807, 2.05) is 75.3 Å². The maximum absolute atomic E-state index is 6.20. The van der Waals surface area contributed by atoms with Crippen LogP contribution in [-0.4, -0.2) is 79.4 Å². The zero-order chi connectivity index (χ0) is 97.1. The van der Waals surface area contributed by atoms with Gasteiger partial charge in [0.25, 0.3) is 0 Å². The number of hydrogen-bond donors (Lipinski definition) is 0. The standard InChI is InChI=1S/C23H18O2.3C21H27N2.C10H13N.C10H14.C8H8O.CH4.6ClH.3Ru/c1-15-17-9-6-7-11-19(17)20(14-22(15)25-3)23-18-10-5-4-8-16(18)12-13-21(23)24-2;3*1-14-9-16(3)20(17(4)10-14)22-7-8-23(13-22)21-18(5)11-15(2)12-19(21)6;1-4-5-10-7-8(2)6-9(3)11-10;1-7-5-8(2)10(4)9(3)6-7;1-7-5-3-4-6-8(7)9-2;;;;;;;;;;/h1,4-14H,2-3H3;3*9-13H,7-8H2,1-6H3;1,6-7H,4-5H2,2-3H3;5-6H,1-4H3;1,3-6H,2H3;1H4;6*1H;;;/q;3*-1;;;;;;;;;;;3*+2/p-6. The van der Waals surface area contributed by atoms with Crippen LogP contribution in [-0.2, 0) is 47.0 Å². The van der Waals surface area contributed by atoms with Crippen molar-refractivity contribution in [2.24, 2.45) is 0 Å². The van der Waals surface area contributed by atoms with Crippen LogP contribution in [0, 0.1) is 186 Å². The van der Waals surface area contributed by atoms with Crippen molar-refractivity contribution in [1.82, 2.24) is 4.98 Å². The first-order valence-electron chi connectivity index (χ1n) is 45.0. The Morgan fingerprint density at radius 1 is 0.313 bits per heavy atom. The van der Waals surface area contributed by atoms with Crippen LogP contribution in [0.3, 0.4) is 0 Å². The quantitative estimate of drug-likeness (QED) is 0.0733. The molecule has 0 amide bonds. The van der Waals surface area contributed by atoms with Crippen LogP contribution >= 0.6 is 58.1 Å². The Morgan fingerprint density at radius 3 is 0.948 bits per heavy atom. The van der Waals surface area contributed by atoms with Gasteiger partial charge in [-0.1, -0.05) is 131 Å². The molecule has 0 bridgehead atoms. The molecule has 0 radical (unpaired) electrons. The Morgan fingerprint density at radius 2 is 0.619 bits per heavy atom. The summed E-state index contributed by atoms with van der Waals surface area (Å²) >= 11 is -5.34. The number of ether oxygens (including phenoxy) is 3. The summed E-state index contributed by atoms with van der Waals surface area (Å²) in [5.74, 6) is 2.39. The molecule has 134 heavy (non-hydrogen) atoms. The minimum absolute atomic E-state index is 0. The third-order valence-electron chi connectivity index (χ3n) is 24.1. The van der Waals surface area contributed by atoms with Gasteiger partial charge in [-0.2, -0.15) is 20.0 Å². The molecule has 10 nitrogen and oxygen atoms in total. The summed E-state index contributed by atoms with van der Waals surface area (Å²) in [6.07, 6.45) is 1.87. The first-order chi connectivity index (χ1) is 63.1. The van der Waals surface area contributed by atoms with Gasteiger partial charge in [-0.25, -0.2) is 0 Å². The first-order valence-corrected chi connectivity index (χ1v) is 61.5. The van der Waals surface area contributed by atoms with E-state index in [2.05, 4.69) is 347 Å². The molecular formula is C115H138Cl6N7O3Ru3-3. The van der Waals surface area contributed by atoms with Crippen LogP contribution in [0.1, 0.15) is 164 Å². The Kier molecular flexibility index (Phi) is 41.5. The molecule has 4 heterocycles. The van der Waals surface area contributed by atoms with Gasteiger partial charge in [0.2, 0.25) is 0 Å². The van der Waals surface area contributed by atoms with Crippen LogP contribution in [0.2, 0.25) is 0 Å². The summed E-state index contributed by atoms with van der Waals surface area (Å²) in [5, 5.41) is 4.46. The molecule has 19 heteroatoms. The van der Waals surface area contributed by atoms with E-state index in [1.165, 1.54) is 162 Å². The van der Waals surface area contributed by atoms with Crippen LogP contribution in [0.25, 0.3) is 32.7 Å². The molecule has 3 aliphatic rings. The van der Waals surface area contributed by atoms with Gasteiger partial charge in [0.1, 0.15) is 0 Å². The Labute approximate surface area is 842 Å². The maximum atomic E-state index is 6.20. The number of aryl methyl sites for hydroxylation is 24. The molecule has 12 aromatic carbocycles. The molecule has 0 N–H and O–H groups in total. The number of halogens is 6. The molecule has 1 aromatic heterocycles. The van der Waals surface area contributed by atoms with Gasteiger partial charge in [0.15, 0.2) is 0 Å². The van der Waals surface area contributed by atoms with Gasteiger partial charge in [0, 0.05) is 73.4 Å². The van der Waals surface area contributed by atoms with Crippen molar-refractivity contribution in [2.45, 2.75) is 186 Å². The number of nitrogens with zero attached hydrogens (tertiary/aromatic N) is 7. The van der Waals surface area contributed by atoms with Crippen molar-refractivity contribution >= 4 is 128 Å². The molecule has 3 saturated heterocycles. The summed E-state index contributed by atoms with van der Waals surface area (Å²) < 4.78 is 22.4. The number of benzene rings is 12. The van der Waals surface area contributed by atoms with Crippen molar-refractivity contribution < 1.29 is 54.8 Å².